The topological polar surface area (TPSA) is 83.9 Å². The highest BCUT2D eigenvalue weighted by Crippen LogP contribution is 2.18. The summed E-state index contributed by atoms with van der Waals surface area (Å²) >= 11 is 1.37. The number of aliphatic carboxylic acids is 1. The van der Waals surface area contributed by atoms with Crippen LogP contribution < -0.4 is 0 Å². The van der Waals surface area contributed by atoms with Gasteiger partial charge in [0.2, 0.25) is 10.0 Å². The molecule has 1 N–H and O–H groups in total. The van der Waals surface area contributed by atoms with Crippen molar-refractivity contribution < 1.29 is 23.1 Å². The number of carboxylic acids is 1. The van der Waals surface area contributed by atoms with Gasteiger partial charge in [0.25, 0.3) is 0 Å². The van der Waals surface area contributed by atoms with Gasteiger partial charge in [-0.2, -0.15) is 0 Å². The number of nitrogens with zero attached hydrogens (tertiary/aromatic N) is 1. The van der Waals surface area contributed by atoms with Crippen molar-refractivity contribution in [3.8, 4) is 0 Å². The number of carbonyl (C=O) groups is 1. The molecule has 0 saturated carbocycles. The van der Waals surface area contributed by atoms with Crippen molar-refractivity contribution in [2.75, 3.05) is 26.5 Å². The van der Waals surface area contributed by atoms with Crippen LogP contribution in [0.4, 0.5) is 0 Å². The standard InChI is InChI=1S/C13H19NO5S2/c1-14(21(17,18)7-3-6-19-2)9-11-8-12(20-10-11)4-5-13(15)16/h4-5,8,10H,3,6-7,9H2,1-2H3,(H,15,16). The second-order valence-electron chi connectivity index (χ2n) is 4.45. The van der Waals surface area contributed by atoms with Crippen LogP contribution >= 0.6 is 11.3 Å². The van der Waals surface area contributed by atoms with Crippen molar-refractivity contribution in [3.63, 3.8) is 0 Å². The molecule has 0 saturated heterocycles. The molecule has 0 bridgehead atoms. The van der Waals surface area contributed by atoms with Crippen LogP contribution in [0.2, 0.25) is 0 Å². The van der Waals surface area contributed by atoms with Crippen molar-refractivity contribution in [1.29, 1.82) is 0 Å². The average molecular weight is 333 g/mol. The van der Waals surface area contributed by atoms with Gasteiger partial charge in [-0.25, -0.2) is 17.5 Å². The maximum Gasteiger partial charge on any atom is 0.328 e. The summed E-state index contributed by atoms with van der Waals surface area (Å²) < 4.78 is 30.2. The lowest BCUT2D eigenvalue weighted by molar-refractivity contribution is -0.131. The smallest absolute Gasteiger partial charge is 0.328 e. The Labute approximate surface area is 128 Å². The van der Waals surface area contributed by atoms with Gasteiger partial charge in [-0.15, -0.1) is 11.3 Å². The van der Waals surface area contributed by atoms with Crippen molar-refractivity contribution in [2.45, 2.75) is 13.0 Å². The summed E-state index contributed by atoms with van der Waals surface area (Å²) in [5.74, 6) is -0.962. The highest BCUT2D eigenvalue weighted by Gasteiger charge is 2.17. The maximum absolute atomic E-state index is 12.0. The molecule has 1 heterocycles. The number of rotatable bonds is 9. The molecule has 118 valence electrons. The first kappa shape index (κ1) is 17.8. The summed E-state index contributed by atoms with van der Waals surface area (Å²) in [6, 6.07) is 1.78. The molecule has 0 aromatic carbocycles. The minimum absolute atomic E-state index is 0.0489. The van der Waals surface area contributed by atoms with Crippen LogP contribution in [-0.4, -0.2) is 50.3 Å². The molecule has 0 aliphatic heterocycles. The zero-order chi connectivity index (χ0) is 15.9. The largest absolute Gasteiger partial charge is 0.478 e. The first-order chi connectivity index (χ1) is 9.85. The van der Waals surface area contributed by atoms with E-state index in [2.05, 4.69) is 0 Å². The van der Waals surface area contributed by atoms with Crippen LogP contribution in [0.5, 0.6) is 0 Å². The van der Waals surface area contributed by atoms with E-state index in [0.717, 1.165) is 16.5 Å². The number of sulfonamides is 1. The summed E-state index contributed by atoms with van der Waals surface area (Å²) in [6.07, 6.45) is 3.00. The lowest BCUT2D eigenvalue weighted by Gasteiger charge is -2.16. The fourth-order valence-electron chi connectivity index (χ4n) is 1.62. The fourth-order valence-corrected chi connectivity index (χ4v) is 3.55. The van der Waals surface area contributed by atoms with E-state index in [-0.39, 0.29) is 12.3 Å². The Kier molecular flexibility index (Phi) is 7.03. The van der Waals surface area contributed by atoms with E-state index in [1.54, 1.807) is 6.07 Å². The Balaban J connectivity index is 2.62. The SMILES string of the molecule is COCCCS(=O)(=O)N(C)Cc1csc(C=CC(=O)O)c1. The maximum atomic E-state index is 12.0. The predicted molar refractivity (Wildman–Crippen MR) is 82.7 cm³/mol. The molecule has 0 aliphatic carbocycles. The lowest BCUT2D eigenvalue weighted by Crippen LogP contribution is -2.29. The molecule has 8 heteroatoms. The van der Waals surface area contributed by atoms with E-state index >= 15 is 0 Å². The van der Waals surface area contributed by atoms with E-state index in [1.165, 1.54) is 35.9 Å². The Morgan fingerprint density at radius 2 is 2.24 bits per heavy atom. The minimum Gasteiger partial charge on any atom is -0.478 e. The van der Waals surface area contributed by atoms with E-state index in [9.17, 15) is 13.2 Å². The monoisotopic (exact) mass is 333 g/mol. The van der Waals surface area contributed by atoms with Crippen LogP contribution in [0.1, 0.15) is 16.9 Å². The van der Waals surface area contributed by atoms with Crippen LogP contribution in [0.3, 0.4) is 0 Å². The van der Waals surface area contributed by atoms with Gasteiger partial charge in [0.15, 0.2) is 0 Å². The first-order valence-electron chi connectivity index (χ1n) is 6.26. The molecule has 0 aliphatic rings. The third kappa shape index (κ3) is 6.38. The number of hydrogen-bond acceptors (Lipinski definition) is 5. The van der Waals surface area contributed by atoms with Crippen molar-refractivity contribution >= 4 is 33.4 Å². The molecule has 1 aromatic heterocycles. The van der Waals surface area contributed by atoms with Gasteiger partial charge in [-0.05, 0) is 29.5 Å². The molecule has 0 radical (unpaired) electrons. The van der Waals surface area contributed by atoms with Gasteiger partial charge >= 0.3 is 5.97 Å². The van der Waals surface area contributed by atoms with Gasteiger partial charge < -0.3 is 9.84 Å². The molecule has 0 atom stereocenters. The van der Waals surface area contributed by atoms with Gasteiger partial charge in [0, 0.05) is 38.3 Å². The highest BCUT2D eigenvalue weighted by atomic mass is 32.2. The van der Waals surface area contributed by atoms with Crippen LogP contribution in [0.15, 0.2) is 17.5 Å². The van der Waals surface area contributed by atoms with Gasteiger partial charge in [0.05, 0.1) is 5.75 Å². The highest BCUT2D eigenvalue weighted by molar-refractivity contribution is 7.89. The number of methoxy groups -OCH3 is 1. The van der Waals surface area contributed by atoms with Crippen molar-refractivity contribution in [1.82, 2.24) is 4.31 Å². The normalized spacial score (nSPS) is 12.3. The summed E-state index contributed by atoms with van der Waals surface area (Å²) in [7, 11) is -0.231. The number of thiophene rings is 1. The molecular weight excluding hydrogens is 314 g/mol. The predicted octanol–water partition coefficient (Wildman–Crippen LogP) is 1.64. The summed E-state index contributed by atoms with van der Waals surface area (Å²) in [5.41, 5.74) is 0.836. The molecule has 21 heavy (non-hydrogen) atoms. The lowest BCUT2D eigenvalue weighted by atomic mass is 10.3. The second-order valence-corrected chi connectivity index (χ2v) is 7.59. The van der Waals surface area contributed by atoms with Crippen molar-refractivity contribution in [2.24, 2.45) is 0 Å². The Bertz CT molecular complexity index is 591. The van der Waals surface area contributed by atoms with Gasteiger partial charge in [-0.3, -0.25) is 0 Å². The molecular formula is C13H19NO5S2. The van der Waals surface area contributed by atoms with Gasteiger partial charge in [0.1, 0.15) is 0 Å². The average Bonchev–Trinajstić information content (AvgIpc) is 2.84. The zero-order valence-electron chi connectivity index (χ0n) is 12.0. The number of carboxylic acid groups (broad SMARTS) is 1. The van der Waals surface area contributed by atoms with Gasteiger partial charge in [-0.1, -0.05) is 0 Å². The second kappa shape index (κ2) is 8.28. The Morgan fingerprint density at radius 3 is 2.86 bits per heavy atom. The van der Waals surface area contributed by atoms with E-state index in [0.29, 0.717) is 13.0 Å². The molecule has 0 fully saturated rings. The quantitative estimate of drug-likeness (QED) is 0.549. The first-order valence-corrected chi connectivity index (χ1v) is 8.75. The summed E-state index contributed by atoms with van der Waals surface area (Å²) in [5, 5.41) is 10.4. The van der Waals surface area contributed by atoms with Crippen LogP contribution in [0, 0.1) is 0 Å². The van der Waals surface area contributed by atoms with Crippen LogP contribution in [0.25, 0.3) is 6.08 Å². The van der Waals surface area contributed by atoms with Crippen molar-refractivity contribution in [3.05, 3.63) is 28.0 Å². The molecule has 1 aromatic rings. The molecule has 0 unspecified atom stereocenters. The Morgan fingerprint density at radius 1 is 1.52 bits per heavy atom. The third-order valence-electron chi connectivity index (χ3n) is 2.70. The zero-order valence-corrected chi connectivity index (χ0v) is 13.6. The molecule has 6 nitrogen and oxygen atoms in total. The molecule has 0 amide bonds. The molecule has 0 spiro atoms. The van der Waals surface area contributed by atoms with Crippen LogP contribution in [-0.2, 0) is 26.1 Å². The Hall–Kier alpha value is -1.22. The van der Waals surface area contributed by atoms with E-state index in [4.69, 9.17) is 9.84 Å². The molecule has 1 rings (SSSR count). The summed E-state index contributed by atoms with van der Waals surface area (Å²) in [4.78, 5) is 11.2. The number of hydrogen-bond donors (Lipinski definition) is 1. The number of ether oxygens (including phenoxy) is 1. The summed E-state index contributed by atoms with van der Waals surface area (Å²) in [6.45, 7) is 0.683. The van der Waals surface area contributed by atoms with E-state index < -0.39 is 16.0 Å². The van der Waals surface area contributed by atoms with E-state index in [1.807, 2.05) is 5.38 Å². The minimum atomic E-state index is -3.30. The third-order valence-corrected chi connectivity index (χ3v) is 5.53. The fraction of sp³-hybridized carbons (Fsp3) is 0.462.